The van der Waals surface area contributed by atoms with Gasteiger partial charge in [-0.15, -0.1) is 0 Å². The number of carbonyl (C=O) groups is 1. The number of allylic oxidation sites excluding steroid dienone is 1. The van der Waals surface area contributed by atoms with E-state index in [4.69, 9.17) is 9.47 Å². The Balaban J connectivity index is 1.94. The predicted molar refractivity (Wildman–Crippen MR) is 93.3 cm³/mol. The number of Topliss-reactive ketones (excluding diaryl/α,β-unsaturated/α-hetero) is 1. The van der Waals surface area contributed by atoms with Crippen molar-refractivity contribution >= 4 is 17.5 Å². The first kappa shape index (κ1) is 16.7. The first-order valence-corrected chi connectivity index (χ1v) is 7.78. The lowest BCUT2D eigenvalue weighted by molar-refractivity contribution is -0.384. The topological polar surface area (TPSA) is 78.7 Å². The zero-order chi connectivity index (χ0) is 18.0. The Kier molecular flexibility index (Phi) is 4.52. The molecule has 0 aromatic heterocycles. The maximum Gasteiger partial charge on any atom is 0.269 e. The van der Waals surface area contributed by atoms with Crippen LogP contribution in [0, 0.1) is 10.1 Å². The lowest BCUT2D eigenvalue weighted by Crippen LogP contribution is -2.14. The van der Waals surface area contributed by atoms with Crippen molar-refractivity contribution in [3.63, 3.8) is 0 Å². The first-order chi connectivity index (χ1) is 12.0. The Hall–Kier alpha value is -3.15. The molecule has 0 saturated carbocycles. The van der Waals surface area contributed by atoms with Crippen LogP contribution in [0.25, 0.3) is 6.08 Å². The summed E-state index contributed by atoms with van der Waals surface area (Å²) in [4.78, 5) is 23.1. The second-order valence-corrected chi connectivity index (χ2v) is 5.71. The number of non-ortho nitro benzene ring substituents is 1. The molecular formula is C19H17NO5. The van der Waals surface area contributed by atoms with Gasteiger partial charge < -0.3 is 9.47 Å². The van der Waals surface area contributed by atoms with Crippen LogP contribution in [0.3, 0.4) is 0 Å². The molecule has 0 heterocycles. The third kappa shape index (κ3) is 3.24. The van der Waals surface area contributed by atoms with E-state index in [-0.39, 0.29) is 11.5 Å². The largest absolute Gasteiger partial charge is 0.493 e. The summed E-state index contributed by atoms with van der Waals surface area (Å²) in [6.45, 7) is 0. The lowest BCUT2D eigenvalue weighted by atomic mass is 9.85. The quantitative estimate of drug-likeness (QED) is 0.480. The van der Waals surface area contributed by atoms with E-state index < -0.39 is 4.92 Å². The van der Waals surface area contributed by atoms with E-state index in [1.165, 1.54) is 19.2 Å². The highest BCUT2D eigenvalue weighted by atomic mass is 16.6. The van der Waals surface area contributed by atoms with Crippen LogP contribution in [0.5, 0.6) is 11.5 Å². The predicted octanol–water partition coefficient (Wildman–Crippen LogP) is 3.82. The molecular weight excluding hydrogens is 322 g/mol. The smallest absolute Gasteiger partial charge is 0.269 e. The van der Waals surface area contributed by atoms with Crippen LogP contribution >= 0.6 is 0 Å². The molecule has 3 rings (SSSR count). The zero-order valence-corrected chi connectivity index (χ0v) is 13.9. The van der Waals surface area contributed by atoms with Crippen LogP contribution in [-0.4, -0.2) is 24.9 Å². The molecule has 128 valence electrons. The standard InChI is InChI=1S/C19H17NO5/c1-24-17-10-13-5-6-14(19(21)16(13)11-18(17)25-2)9-12-3-7-15(8-4-12)20(22)23/h3-4,7-11H,5-6H2,1-2H3/b14-9+. The summed E-state index contributed by atoms with van der Waals surface area (Å²) in [5.41, 5.74) is 3.01. The van der Waals surface area contributed by atoms with Crippen molar-refractivity contribution < 1.29 is 19.2 Å². The summed E-state index contributed by atoms with van der Waals surface area (Å²) in [5, 5.41) is 10.7. The molecule has 0 aliphatic heterocycles. The number of hydrogen-bond acceptors (Lipinski definition) is 5. The number of nitro benzene ring substituents is 1. The van der Waals surface area contributed by atoms with Crippen LogP contribution in [0.15, 0.2) is 42.0 Å². The highest BCUT2D eigenvalue weighted by molar-refractivity contribution is 6.13. The van der Waals surface area contributed by atoms with E-state index in [1.807, 2.05) is 6.07 Å². The minimum Gasteiger partial charge on any atom is -0.493 e. The van der Waals surface area contributed by atoms with Crippen molar-refractivity contribution in [3.05, 3.63) is 68.8 Å². The second kappa shape index (κ2) is 6.76. The fourth-order valence-corrected chi connectivity index (χ4v) is 2.93. The van der Waals surface area contributed by atoms with Gasteiger partial charge in [0, 0.05) is 23.3 Å². The van der Waals surface area contributed by atoms with Gasteiger partial charge in [0.1, 0.15) is 0 Å². The number of hydrogen-bond donors (Lipinski definition) is 0. The number of methoxy groups -OCH3 is 2. The van der Waals surface area contributed by atoms with Crippen molar-refractivity contribution in [3.8, 4) is 11.5 Å². The number of nitro groups is 1. The van der Waals surface area contributed by atoms with Crippen LogP contribution in [-0.2, 0) is 6.42 Å². The van der Waals surface area contributed by atoms with E-state index in [0.717, 1.165) is 17.5 Å². The molecule has 6 heteroatoms. The lowest BCUT2D eigenvalue weighted by Gasteiger charge is -2.20. The summed E-state index contributed by atoms with van der Waals surface area (Å²) in [5.74, 6) is 1.07. The van der Waals surface area contributed by atoms with Gasteiger partial charge in [0.15, 0.2) is 17.3 Å². The molecule has 0 bridgehead atoms. The maximum absolute atomic E-state index is 12.8. The van der Waals surface area contributed by atoms with Crippen molar-refractivity contribution in [2.75, 3.05) is 14.2 Å². The third-order valence-corrected chi connectivity index (χ3v) is 4.25. The number of ketones is 1. The Morgan fingerprint density at radius 1 is 1.04 bits per heavy atom. The van der Waals surface area contributed by atoms with Gasteiger partial charge in [0.05, 0.1) is 19.1 Å². The minimum atomic E-state index is -0.446. The molecule has 0 N–H and O–H groups in total. The van der Waals surface area contributed by atoms with E-state index in [1.54, 1.807) is 31.4 Å². The Morgan fingerprint density at radius 3 is 2.28 bits per heavy atom. The molecule has 25 heavy (non-hydrogen) atoms. The molecule has 0 amide bonds. The van der Waals surface area contributed by atoms with Gasteiger partial charge in [-0.3, -0.25) is 14.9 Å². The molecule has 2 aromatic carbocycles. The first-order valence-electron chi connectivity index (χ1n) is 7.78. The Bertz CT molecular complexity index is 868. The van der Waals surface area contributed by atoms with Crippen LogP contribution in [0.2, 0.25) is 0 Å². The Labute approximate surface area is 144 Å². The van der Waals surface area contributed by atoms with Crippen LogP contribution < -0.4 is 9.47 Å². The van der Waals surface area contributed by atoms with Crippen molar-refractivity contribution in [2.45, 2.75) is 12.8 Å². The summed E-state index contributed by atoms with van der Waals surface area (Å²) in [6, 6.07) is 9.70. The number of carbonyl (C=O) groups excluding carboxylic acids is 1. The molecule has 0 unspecified atom stereocenters. The minimum absolute atomic E-state index is 0.0271. The number of aryl methyl sites for hydroxylation is 1. The van der Waals surface area contributed by atoms with Gasteiger partial charge in [-0.1, -0.05) is 0 Å². The van der Waals surface area contributed by atoms with E-state index in [9.17, 15) is 14.9 Å². The van der Waals surface area contributed by atoms with Gasteiger partial charge in [-0.2, -0.15) is 0 Å². The normalized spacial score (nSPS) is 15.0. The zero-order valence-electron chi connectivity index (χ0n) is 13.9. The molecule has 0 radical (unpaired) electrons. The number of benzene rings is 2. The van der Waals surface area contributed by atoms with Gasteiger partial charge in [0.2, 0.25) is 0 Å². The molecule has 6 nitrogen and oxygen atoms in total. The fraction of sp³-hybridized carbons (Fsp3) is 0.211. The van der Waals surface area contributed by atoms with Crippen LogP contribution in [0.1, 0.15) is 27.9 Å². The van der Waals surface area contributed by atoms with E-state index >= 15 is 0 Å². The Morgan fingerprint density at radius 2 is 1.68 bits per heavy atom. The summed E-state index contributed by atoms with van der Waals surface area (Å²) in [7, 11) is 3.10. The number of nitrogens with zero attached hydrogens (tertiary/aromatic N) is 1. The van der Waals surface area contributed by atoms with Crippen LogP contribution in [0.4, 0.5) is 5.69 Å². The molecule has 2 aromatic rings. The van der Waals surface area contributed by atoms with Gasteiger partial charge in [0.25, 0.3) is 5.69 Å². The molecule has 0 saturated heterocycles. The maximum atomic E-state index is 12.8. The molecule has 0 fully saturated rings. The summed E-state index contributed by atoms with van der Waals surface area (Å²) in [6.07, 6.45) is 3.12. The number of rotatable bonds is 4. The van der Waals surface area contributed by atoms with Gasteiger partial charge in [-0.05, 0) is 54.3 Å². The molecule has 1 aliphatic rings. The third-order valence-electron chi connectivity index (χ3n) is 4.25. The highest BCUT2D eigenvalue weighted by Gasteiger charge is 2.24. The molecule has 1 aliphatic carbocycles. The van der Waals surface area contributed by atoms with E-state index in [0.29, 0.717) is 29.1 Å². The van der Waals surface area contributed by atoms with Crippen molar-refractivity contribution in [1.82, 2.24) is 0 Å². The highest BCUT2D eigenvalue weighted by Crippen LogP contribution is 2.35. The summed E-state index contributed by atoms with van der Waals surface area (Å²) >= 11 is 0. The molecule has 0 spiro atoms. The average molecular weight is 339 g/mol. The van der Waals surface area contributed by atoms with Crippen molar-refractivity contribution in [1.29, 1.82) is 0 Å². The van der Waals surface area contributed by atoms with Gasteiger partial charge in [-0.25, -0.2) is 0 Å². The fourth-order valence-electron chi connectivity index (χ4n) is 2.93. The summed E-state index contributed by atoms with van der Waals surface area (Å²) < 4.78 is 10.6. The number of ether oxygens (including phenoxy) is 2. The van der Waals surface area contributed by atoms with E-state index in [2.05, 4.69) is 0 Å². The van der Waals surface area contributed by atoms with Crippen molar-refractivity contribution in [2.24, 2.45) is 0 Å². The SMILES string of the molecule is COc1cc2c(cc1OC)C(=O)/C(=C/c1ccc([N+](=O)[O-])cc1)CC2. The average Bonchev–Trinajstić information content (AvgIpc) is 2.63. The monoisotopic (exact) mass is 339 g/mol. The molecule has 0 atom stereocenters. The van der Waals surface area contributed by atoms with Gasteiger partial charge >= 0.3 is 0 Å². The second-order valence-electron chi connectivity index (χ2n) is 5.71. The number of fused-ring (bicyclic) bond motifs is 1.